The Morgan fingerprint density at radius 3 is 2.50 bits per heavy atom. The van der Waals surface area contributed by atoms with Crippen molar-refractivity contribution in [3.05, 3.63) is 28.7 Å². The van der Waals surface area contributed by atoms with E-state index in [4.69, 9.17) is 0 Å². The van der Waals surface area contributed by atoms with E-state index in [-0.39, 0.29) is 23.8 Å². The molecule has 0 unspecified atom stereocenters. The molecule has 0 atom stereocenters. The maximum atomic E-state index is 12.4. The van der Waals surface area contributed by atoms with E-state index in [1.807, 2.05) is 4.90 Å². The summed E-state index contributed by atoms with van der Waals surface area (Å²) >= 11 is 3.27. The predicted octanol–water partition coefficient (Wildman–Crippen LogP) is 2.20. The fourth-order valence-corrected chi connectivity index (χ4v) is 5.40. The van der Waals surface area contributed by atoms with Gasteiger partial charge in [-0.3, -0.25) is 9.69 Å². The van der Waals surface area contributed by atoms with Gasteiger partial charge in [-0.25, -0.2) is 13.1 Å². The zero-order chi connectivity index (χ0) is 18.6. The van der Waals surface area contributed by atoms with Gasteiger partial charge in [0.2, 0.25) is 15.9 Å². The molecule has 1 aliphatic carbocycles. The highest BCUT2D eigenvalue weighted by Crippen LogP contribution is 2.24. The third kappa shape index (κ3) is 5.06. The first-order chi connectivity index (χ1) is 12.5. The van der Waals surface area contributed by atoms with Crippen molar-refractivity contribution in [3.8, 4) is 0 Å². The molecule has 2 fully saturated rings. The summed E-state index contributed by atoms with van der Waals surface area (Å²) in [7, 11) is -3.59. The minimum Gasteiger partial charge on any atom is -0.340 e. The monoisotopic (exact) mass is 443 g/mol. The van der Waals surface area contributed by atoms with E-state index in [0.717, 1.165) is 26.2 Å². The number of hydrogen-bond acceptors (Lipinski definition) is 4. The fraction of sp³-hybridized carbons (Fsp3) is 0.611. The van der Waals surface area contributed by atoms with Gasteiger partial charge in [-0.1, -0.05) is 34.8 Å². The maximum absolute atomic E-state index is 12.4. The van der Waals surface area contributed by atoms with Crippen molar-refractivity contribution < 1.29 is 13.2 Å². The third-order valence-corrected chi connectivity index (χ3v) is 7.20. The summed E-state index contributed by atoms with van der Waals surface area (Å²) in [5.74, 6) is 0.0213. The molecule has 0 spiro atoms. The van der Waals surface area contributed by atoms with Crippen LogP contribution in [-0.2, 0) is 14.8 Å². The molecule has 0 radical (unpaired) electrons. The molecule has 1 saturated heterocycles. The van der Waals surface area contributed by atoms with E-state index >= 15 is 0 Å². The average molecular weight is 444 g/mol. The first-order valence-corrected chi connectivity index (χ1v) is 11.5. The third-order valence-electron chi connectivity index (χ3n) is 5.25. The largest absolute Gasteiger partial charge is 0.340 e. The lowest BCUT2D eigenvalue weighted by molar-refractivity contribution is -0.133. The van der Waals surface area contributed by atoms with Crippen molar-refractivity contribution in [2.75, 3.05) is 32.7 Å². The minimum atomic E-state index is -3.59. The van der Waals surface area contributed by atoms with Crippen LogP contribution in [0.4, 0.5) is 0 Å². The number of piperazine rings is 1. The van der Waals surface area contributed by atoms with Crippen LogP contribution in [0.2, 0.25) is 0 Å². The summed E-state index contributed by atoms with van der Waals surface area (Å²) < 4.78 is 27.8. The Bertz CT molecular complexity index is 727. The number of carbonyl (C=O) groups is 1. The van der Waals surface area contributed by atoms with Crippen molar-refractivity contribution in [2.45, 2.75) is 43.0 Å². The van der Waals surface area contributed by atoms with Gasteiger partial charge in [0.25, 0.3) is 0 Å². The van der Waals surface area contributed by atoms with Crippen LogP contribution in [0.25, 0.3) is 0 Å². The predicted molar refractivity (Wildman–Crippen MR) is 104 cm³/mol. The molecule has 1 N–H and O–H groups in total. The van der Waals surface area contributed by atoms with E-state index in [1.54, 1.807) is 18.2 Å². The highest BCUT2D eigenvalue weighted by atomic mass is 79.9. The minimum absolute atomic E-state index is 0.0213. The second-order valence-corrected chi connectivity index (χ2v) is 9.64. The number of sulfonamides is 1. The average Bonchev–Trinajstić information content (AvgIpc) is 3.16. The normalized spacial score (nSPS) is 19.8. The van der Waals surface area contributed by atoms with E-state index in [0.29, 0.717) is 10.5 Å². The summed E-state index contributed by atoms with van der Waals surface area (Å²) in [6.45, 7) is 3.47. The van der Waals surface area contributed by atoms with E-state index < -0.39 is 10.0 Å². The van der Waals surface area contributed by atoms with Crippen LogP contribution in [-0.4, -0.2) is 62.9 Å². The van der Waals surface area contributed by atoms with Crippen molar-refractivity contribution in [3.63, 3.8) is 0 Å². The number of halogens is 1. The first-order valence-electron chi connectivity index (χ1n) is 9.23. The van der Waals surface area contributed by atoms with Gasteiger partial charge in [-0.15, -0.1) is 0 Å². The highest BCUT2D eigenvalue weighted by Gasteiger charge is 2.27. The summed E-state index contributed by atoms with van der Waals surface area (Å²) in [5, 5.41) is 0. The standard InChI is InChI=1S/C18H26BrN3O3S/c19-15-4-3-7-17(14-15)26(24,25)20-9-8-18(23)22-12-10-21(11-13-22)16-5-1-2-6-16/h3-4,7,14,16,20H,1-2,5-6,8-13H2. The second kappa shape index (κ2) is 8.82. The molecule has 1 aliphatic heterocycles. The van der Waals surface area contributed by atoms with E-state index in [1.165, 1.54) is 31.7 Å². The number of nitrogens with zero attached hydrogens (tertiary/aromatic N) is 2. The molecule has 2 aliphatic rings. The van der Waals surface area contributed by atoms with Gasteiger partial charge in [0.15, 0.2) is 0 Å². The molecule has 1 heterocycles. The first kappa shape index (κ1) is 19.8. The van der Waals surface area contributed by atoms with Crippen LogP contribution in [0.1, 0.15) is 32.1 Å². The molecule has 0 bridgehead atoms. The van der Waals surface area contributed by atoms with Crippen molar-refractivity contribution in [1.29, 1.82) is 0 Å². The molecule has 26 heavy (non-hydrogen) atoms. The molecular weight excluding hydrogens is 418 g/mol. The SMILES string of the molecule is O=C(CCNS(=O)(=O)c1cccc(Br)c1)N1CCN(C2CCCC2)CC1. The zero-order valence-electron chi connectivity index (χ0n) is 14.9. The topological polar surface area (TPSA) is 69.7 Å². The summed E-state index contributed by atoms with van der Waals surface area (Å²) in [4.78, 5) is 16.9. The van der Waals surface area contributed by atoms with Gasteiger partial charge in [-0.2, -0.15) is 0 Å². The van der Waals surface area contributed by atoms with Crippen molar-refractivity contribution in [1.82, 2.24) is 14.5 Å². The Labute approximate surface area is 164 Å². The number of benzene rings is 1. The summed E-state index contributed by atoms with van der Waals surface area (Å²) in [6, 6.07) is 7.23. The summed E-state index contributed by atoms with van der Waals surface area (Å²) in [5.41, 5.74) is 0. The molecule has 1 saturated carbocycles. The molecule has 8 heteroatoms. The van der Waals surface area contributed by atoms with Gasteiger partial charge in [0.05, 0.1) is 4.90 Å². The lowest BCUT2D eigenvalue weighted by Crippen LogP contribution is -2.51. The fourth-order valence-electron chi connectivity index (χ4n) is 3.77. The van der Waals surface area contributed by atoms with Gasteiger partial charge < -0.3 is 4.90 Å². The molecule has 144 valence electrons. The Hall–Kier alpha value is -0.960. The van der Waals surface area contributed by atoms with Crippen LogP contribution < -0.4 is 4.72 Å². The molecule has 6 nitrogen and oxygen atoms in total. The number of hydrogen-bond donors (Lipinski definition) is 1. The van der Waals surface area contributed by atoms with Gasteiger partial charge >= 0.3 is 0 Å². The number of carbonyl (C=O) groups excluding carboxylic acids is 1. The van der Waals surface area contributed by atoms with Crippen LogP contribution >= 0.6 is 15.9 Å². The van der Waals surface area contributed by atoms with Gasteiger partial charge in [-0.05, 0) is 31.0 Å². The molecular formula is C18H26BrN3O3S. The number of rotatable bonds is 6. The molecule has 1 aromatic rings. The smallest absolute Gasteiger partial charge is 0.240 e. The van der Waals surface area contributed by atoms with E-state index in [9.17, 15) is 13.2 Å². The zero-order valence-corrected chi connectivity index (χ0v) is 17.3. The lowest BCUT2D eigenvalue weighted by Gasteiger charge is -2.38. The van der Waals surface area contributed by atoms with E-state index in [2.05, 4.69) is 25.6 Å². The van der Waals surface area contributed by atoms with Crippen molar-refractivity contribution in [2.24, 2.45) is 0 Å². The van der Waals surface area contributed by atoms with Crippen LogP contribution in [0.15, 0.2) is 33.6 Å². The molecule has 1 amide bonds. The Kier molecular flexibility index (Phi) is 6.71. The second-order valence-electron chi connectivity index (χ2n) is 6.96. The van der Waals surface area contributed by atoms with Crippen molar-refractivity contribution >= 4 is 31.9 Å². The quantitative estimate of drug-likeness (QED) is 0.731. The molecule has 1 aromatic carbocycles. The Morgan fingerprint density at radius 1 is 1.15 bits per heavy atom. The number of amides is 1. The molecule has 3 rings (SSSR count). The van der Waals surface area contributed by atoms with Crippen LogP contribution in [0.3, 0.4) is 0 Å². The summed E-state index contributed by atoms with van der Waals surface area (Å²) in [6.07, 6.45) is 5.40. The highest BCUT2D eigenvalue weighted by molar-refractivity contribution is 9.10. The van der Waals surface area contributed by atoms with Gasteiger partial charge in [0, 0.05) is 49.7 Å². The van der Waals surface area contributed by atoms with Crippen LogP contribution in [0, 0.1) is 0 Å². The van der Waals surface area contributed by atoms with Crippen LogP contribution in [0.5, 0.6) is 0 Å². The van der Waals surface area contributed by atoms with Gasteiger partial charge in [0.1, 0.15) is 0 Å². The number of nitrogens with one attached hydrogen (secondary N) is 1. The Balaban J connectivity index is 1.43. The lowest BCUT2D eigenvalue weighted by atomic mass is 10.1. The molecule has 0 aromatic heterocycles. The Morgan fingerprint density at radius 2 is 1.85 bits per heavy atom. The maximum Gasteiger partial charge on any atom is 0.240 e.